The first-order chi connectivity index (χ1) is 8.86. The lowest BCUT2D eigenvalue weighted by molar-refractivity contribution is 0.221. The highest BCUT2D eigenvalue weighted by atomic mass is 16.3. The number of nitrogens with zero attached hydrogens (tertiary/aromatic N) is 1. The molecule has 0 aliphatic carbocycles. The Morgan fingerprint density at radius 3 is 2.56 bits per heavy atom. The number of aliphatic hydroxyl groups excluding tert-OH is 1. The molecule has 1 N–H and O–H groups in total. The van der Waals surface area contributed by atoms with Crippen molar-refractivity contribution in [1.29, 1.82) is 0 Å². The quantitative estimate of drug-likeness (QED) is 0.739. The summed E-state index contributed by atoms with van der Waals surface area (Å²) >= 11 is 0. The SMILES string of the molecule is O[C@H](c1cccnc1)c1cccc2ccccc12. The molecular weight excluding hydrogens is 222 g/mol. The minimum Gasteiger partial charge on any atom is -0.384 e. The molecule has 1 heterocycles. The van der Waals surface area contributed by atoms with Gasteiger partial charge in [-0.3, -0.25) is 4.98 Å². The van der Waals surface area contributed by atoms with Gasteiger partial charge in [-0.2, -0.15) is 0 Å². The van der Waals surface area contributed by atoms with Gasteiger partial charge in [0.2, 0.25) is 0 Å². The maximum absolute atomic E-state index is 10.4. The second-order valence-corrected chi connectivity index (χ2v) is 4.26. The van der Waals surface area contributed by atoms with Crippen LogP contribution in [0, 0.1) is 0 Å². The number of hydrogen-bond acceptors (Lipinski definition) is 2. The van der Waals surface area contributed by atoms with Crippen LogP contribution in [0.3, 0.4) is 0 Å². The smallest absolute Gasteiger partial charge is 0.106 e. The Kier molecular flexibility index (Phi) is 2.79. The van der Waals surface area contributed by atoms with Crippen LogP contribution in [0.15, 0.2) is 67.0 Å². The highest BCUT2D eigenvalue weighted by Crippen LogP contribution is 2.28. The van der Waals surface area contributed by atoms with Crippen molar-refractivity contribution >= 4 is 10.8 Å². The van der Waals surface area contributed by atoms with E-state index in [-0.39, 0.29) is 0 Å². The monoisotopic (exact) mass is 235 g/mol. The van der Waals surface area contributed by atoms with E-state index in [0.717, 1.165) is 21.9 Å². The zero-order valence-corrected chi connectivity index (χ0v) is 9.82. The normalized spacial score (nSPS) is 12.5. The van der Waals surface area contributed by atoms with E-state index in [1.54, 1.807) is 12.4 Å². The molecule has 0 unspecified atom stereocenters. The predicted octanol–water partition coefficient (Wildman–Crippen LogP) is 3.32. The Balaban J connectivity index is 2.15. The predicted molar refractivity (Wildman–Crippen MR) is 72.2 cm³/mol. The summed E-state index contributed by atoms with van der Waals surface area (Å²) in [4.78, 5) is 4.05. The Hall–Kier alpha value is -2.19. The van der Waals surface area contributed by atoms with Crippen LogP contribution in [0.2, 0.25) is 0 Å². The Labute approximate surface area is 106 Å². The summed E-state index contributed by atoms with van der Waals surface area (Å²) in [7, 11) is 0. The van der Waals surface area contributed by atoms with Crippen molar-refractivity contribution in [3.8, 4) is 0 Å². The van der Waals surface area contributed by atoms with E-state index in [1.807, 2.05) is 42.5 Å². The van der Waals surface area contributed by atoms with Gasteiger partial charge in [-0.1, -0.05) is 48.5 Å². The highest BCUT2D eigenvalue weighted by molar-refractivity contribution is 5.86. The third-order valence-corrected chi connectivity index (χ3v) is 3.12. The molecule has 2 nitrogen and oxygen atoms in total. The standard InChI is InChI=1S/C16H13NO/c18-16(13-7-4-10-17-11-13)15-9-3-6-12-5-1-2-8-14(12)15/h1-11,16,18H/t16-/m1/s1. The van der Waals surface area contributed by atoms with Crippen molar-refractivity contribution in [2.24, 2.45) is 0 Å². The van der Waals surface area contributed by atoms with Gasteiger partial charge in [0.1, 0.15) is 6.10 Å². The average molecular weight is 235 g/mol. The van der Waals surface area contributed by atoms with Gasteiger partial charge < -0.3 is 5.11 Å². The van der Waals surface area contributed by atoms with Gasteiger partial charge in [-0.25, -0.2) is 0 Å². The summed E-state index contributed by atoms with van der Waals surface area (Å²) < 4.78 is 0. The summed E-state index contributed by atoms with van der Waals surface area (Å²) in [6.45, 7) is 0. The molecular formula is C16H13NO. The van der Waals surface area contributed by atoms with Crippen LogP contribution in [-0.4, -0.2) is 10.1 Å². The average Bonchev–Trinajstić information content (AvgIpc) is 2.47. The molecule has 0 saturated carbocycles. The van der Waals surface area contributed by atoms with Crippen molar-refractivity contribution in [1.82, 2.24) is 4.98 Å². The van der Waals surface area contributed by atoms with Crippen molar-refractivity contribution in [2.75, 3.05) is 0 Å². The number of hydrogen-bond donors (Lipinski definition) is 1. The van der Waals surface area contributed by atoms with Crippen LogP contribution in [0.25, 0.3) is 10.8 Å². The molecule has 1 atom stereocenters. The first kappa shape index (κ1) is 10.9. The molecule has 2 aromatic carbocycles. The Bertz CT molecular complexity index is 659. The molecule has 0 amide bonds. The lowest BCUT2D eigenvalue weighted by atomic mass is 9.97. The van der Waals surface area contributed by atoms with Crippen molar-refractivity contribution < 1.29 is 5.11 Å². The number of benzene rings is 2. The van der Waals surface area contributed by atoms with Gasteiger partial charge in [0.15, 0.2) is 0 Å². The molecule has 0 spiro atoms. The number of fused-ring (bicyclic) bond motifs is 1. The van der Waals surface area contributed by atoms with Gasteiger partial charge >= 0.3 is 0 Å². The van der Waals surface area contributed by atoms with E-state index < -0.39 is 6.10 Å². The molecule has 0 saturated heterocycles. The minimum absolute atomic E-state index is 0.634. The van der Waals surface area contributed by atoms with Crippen LogP contribution in [0.4, 0.5) is 0 Å². The van der Waals surface area contributed by atoms with Crippen LogP contribution >= 0.6 is 0 Å². The third-order valence-electron chi connectivity index (χ3n) is 3.12. The van der Waals surface area contributed by atoms with E-state index in [1.165, 1.54) is 0 Å². The lowest BCUT2D eigenvalue weighted by Gasteiger charge is -2.13. The first-order valence-corrected chi connectivity index (χ1v) is 5.92. The van der Waals surface area contributed by atoms with E-state index in [9.17, 15) is 5.11 Å². The summed E-state index contributed by atoms with van der Waals surface area (Å²) in [6.07, 6.45) is 2.77. The molecule has 3 aromatic rings. The van der Waals surface area contributed by atoms with Crippen LogP contribution < -0.4 is 0 Å². The fourth-order valence-electron chi connectivity index (χ4n) is 2.21. The zero-order valence-electron chi connectivity index (χ0n) is 9.82. The fourth-order valence-corrected chi connectivity index (χ4v) is 2.21. The van der Waals surface area contributed by atoms with Gasteiger partial charge in [0.05, 0.1) is 0 Å². The Morgan fingerprint density at radius 1 is 0.889 bits per heavy atom. The van der Waals surface area contributed by atoms with E-state index in [0.29, 0.717) is 0 Å². The third kappa shape index (κ3) is 1.87. The van der Waals surface area contributed by atoms with Gasteiger partial charge in [0.25, 0.3) is 0 Å². The number of rotatable bonds is 2. The van der Waals surface area contributed by atoms with Crippen molar-refractivity contribution in [2.45, 2.75) is 6.10 Å². The Morgan fingerprint density at radius 2 is 1.72 bits per heavy atom. The molecule has 0 aliphatic rings. The largest absolute Gasteiger partial charge is 0.384 e. The molecule has 0 bridgehead atoms. The number of pyridine rings is 1. The van der Waals surface area contributed by atoms with Crippen LogP contribution in [-0.2, 0) is 0 Å². The van der Waals surface area contributed by atoms with Gasteiger partial charge in [-0.05, 0) is 22.4 Å². The van der Waals surface area contributed by atoms with Crippen LogP contribution in [0.5, 0.6) is 0 Å². The minimum atomic E-state index is -0.634. The maximum Gasteiger partial charge on any atom is 0.106 e. The molecule has 0 aliphatic heterocycles. The second-order valence-electron chi connectivity index (χ2n) is 4.26. The number of aliphatic hydroxyl groups is 1. The van der Waals surface area contributed by atoms with Crippen molar-refractivity contribution in [3.05, 3.63) is 78.1 Å². The van der Waals surface area contributed by atoms with Gasteiger partial charge in [0, 0.05) is 18.0 Å². The van der Waals surface area contributed by atoms with E-state index in [4.69, 9.17) is 0 Å². The van der Waals surface area contributed by atoms with E-state index >= 15 is 0 Å². The van der Waals surface area contributed by atoms with Crippen molar-refractivity contribution in [3.63, 3.8) is 0 Å². The molecule has 1 aromatic heterocycles. The number of aromatic nitrogens is 1. The topological polar surface area (TPSA) is 33.1 Å². The molecule has 3 rings (SSSR count). The highest BCUT2D eigenvalue weighted by Gasteiger charge is 2.12. The second kappa shape index (κ2) is 4.59. The maximum atomic E-state index is 10.4. The zero-order chi connectivity index (χ0) is 12.4. The van der Waals surface area contributed by atoms with E-state index in [2.05, 4.69) is 17.1 Å². The molecule has 2 heteroatoms. The molecule has 18 heavy (non-hydrogen) atoms. The summed E-state index contributed by atoms with van der Waals surface area (Å²) in [5, 5.41) is 12.7. The molecule has 0 radical (unpaired) electrons. The van der Waals surface area contributed by atoms with Gasteiger partial charge in [-0.15, -0.1) is 0 Å². The molecule has 0 fully saturated rings. The summed E-state index contributed by atoms with van der Waals surface area (Å²) in [6, 6.07) is 17.8. The fraction of sp³-hybridized carbons (Fsp3) is 0.0625. The first-order valence-electron chi connectivity index (χ1n) is 5.92. The summed E-state index contributed by atoms with van der Waals surface area (Å²) in [5.41, 5.74) is 1.73. The van der Waals surface area contributed by atoms with Crippen LogP contribution in [0.1, 0.15) is 17.2 Å². The molecule has 88 valence electrons. The summed E-state index contributed by atoms with van der Waals surface area (Å²) in [5.74, 6) is 0. The lowest BCUT2D eigenvalue weighted by Crippen LogP contribution is -2.00.